The molecule has 1 aliphatic rings. The molecule has 0 fully saturated rings. The predicted molar refractivity (Wildman–Crippen MR) is 140 cm³/mol. The van der Waals surface area contributed by atoms with Crippen LogP contribution in [0.5, 0.6) is 5.75 Å². The summed E-state index contributed by atoms with van der Waals surface area (Å²) in [5.41, 5.74) is 0.260. The first-order valence-electron chi connectivity index (χ1n) is 11.2. The molecule has 192 valence electrons. The van der Waals surface area contributed by atoms with Gasteiger partial charge in [-0.2, -0.15) is 8.42 Å². The van der Waals surface area contributed by atoms with Crippen LogP contribution in [-0.2, 0) is 21.0 Å². The number of nitrogens with zero attached hydrogens (tertiary/aromatic N) is 2. The standard InChI is InChI=1S/C24H28FN4O5PS/c1-24(2,3)11-10-16-18-9-6-14(25)13-29(18)23(31)20(21(16)30)22-26-17-8-7-15(27-35(5)34-4)12-19(17)36(32,33)28-22/h6-9,12-13,27,30H,10-11H2,1-5H3,(H,26,28). The van der Waals surface area contributed by atoms with E-state index < -0.39 is 29.7 Å². The van der Waals surface area contributed by atoms with E-state index in [-0.39, 0.29) is 33.1 Å². The number of anilines is 2. The van der Waals surface area contributed by atoms with Crippen LogP contribution in [-0.4, -0.2) is 37.5 Å². The van der Waals surface area contributed by atoms with E-state index >= 15 is 0 Å². The number of aromatic hydroxyl groups is 1. The number of hydrogen-bond donors (Lipinski definition) is 3. The summed E-state index contributed by atoms with van der Waals surface area (Å²) in [6.07, 6.45) is 2.05. The molecule has 1 unspecified atom stereocenters. The maximum atomic E-state index is 14.1. The van der Waals surface area contributed by atoms with Gasteiger partial charge in [0.25, 0.3) is 15.6 Å². The van der Waals surface area contributed by atoms with E-state index in [2.05, 4.69) is 14.8 Å². The molecule has 9 nitrogen and oxygen atoms in total. The van der Waals surface area contributed by atoms with Crippen molar-refractivity contribution in [3.63, 3.8) is 0 Å². The molecule has 2 aromatic heterocycles. The largest absolute Gasteiger partial charge is 0.507 e. The van der Waals surface area contributed by atoms with Crippen LogP contribution in [0.25, 0.3) is 5.52 Å². The molecule has 0 aliphatic carbocycles. The van der Waals surface area contributed by atoms with Gasteiger partial charge in [0.15, 0.2) is 5.84 Å². The molecule has 0 saturated carbocycles. The van der Waals surface area contributed by atoms with Crippen LogP contribution in [0.1, 0.15) is 38.3 Å². The van der Waals surface area contributed by atoms with E-state index in [1.54, 1.807) is 19.2 Å². The summed E-state index contributed by atoms with van der Waals surface area (Å²) in [4.78, 5) is 13.3. The van der Waals surface area contributed by atoms with Crippen LogP contribution in [0.3, 0.4) is 0 Å². The summed E-state index contributed by atoms with van der Waals surface area (Å²) in [5, 5.41) is 17.2. The van der Waals surface area contributed by atoms with E-state index in [0.717, 1.165) is 10.6 Å². The minimum Gasteiger partial charge on any atom is -0.507 e. The van der Waals surface area contributed by atoms with Crippen molar-refractivity contribution in [3.05, 3.63) is 63.8 Å². The Bertz CT molecular complexity index is 1550. The lowest BCUT2D eigenvalue weighted by atomic mass is 9.88. The highest BCUT2D eigenvalue weighted by molar-refractivity contribution is 7.90. The van der Waals surface area contributed by atoms with Crippen molar-refractivity contribution in [1.82, 2.24) is 4.40 Å². The van der Waals surface area contributed by atoms with Crippen molar-refractivity contribution in [2.75, 3.05) is 24.2 Å². The third kappa shape index (κ3) is 5.09. The normalized spacial score (nSPS) is 15.7. The maximum Gasteiger partial charge on any atom is 0.286 e. The van der Waals surface area contributed by atoms with Crippen LogP contribution in [0.15, 0.2) is 50.6 Å². The molecular weight excluding hydrogens is 506 g/mol. The van der Waals surface area contributed by atoms with Crippen LogP contribution in [0.2, 0.25) is 0 Å². The Morgan fingerprint density at radius 3 is 2.64 bits per heavy atom. The van der Waals surface area contributed by atoms with Crippen molar-refractivity contribution >= 4 is 41.0 Å². The summed E-state index contributed by atoms with van der Waals surface area (Å²) in [6.45, 7) is 7.94. The van der Waals surface area contributed by atoms with Crippen molar-refractivity contribution in [2.24, 2.45) is 9.81 Å². The van der Waals surface area contributed by atoms with Gasteiger partial charge < -0.3 is 20.0 Å². The molecule has 0 amide bonds. The van der Waals surface area contributed by atoms with Crippen molar-refractivity contribution in [1.29, 1.82) is 0 Å². The zero-order valence-electron chi connectivity index (χ0n) is 20.6. The Hall–Kier alpha value is -3.01. The van der Waals surface area contributed by atoms with Crippen LogP contribution >= 0.6 is 8.30 Å². The third-order valence-electron chi connectivity index (χ3n) is 5.82. The molecule has 3 heterocycles. The third-order valence-corrected chi connectivity index (χ3v) is 8.26. The fourth-order valence-electron chi connectivity index (χ4n) is 3.91. The first-order valence-corrected chi connectivity index (χ1v) is 14.3. The van der Waals surface area contributed by atoms with Gasteiger partial charge in [0, 0.05) is 24.6 Å². The Kier molecular flexibility index (Phi) is 6.85. The van der Waals surface area contributed by atoms with Crippen LogP contribution < -0.4 is 16.0 Å². The molecular formula is C24H28FN4O5PS. The lowest BCUT2D eigenvalue weighted by Gasteiger charge is -2.23. The number of pyridine rings is 2. The Balaban J connectivity index is 1.88. The highest BCUT2D eigenvalue weighted by Gasteiger charge is 2.31. The van der Waals surface area contributed by atoms with E-state index in [0.29, 0.717) is 29.6 Å². The SMILES string of the molecule is COP(C)Nc1ccc2c(c1)S(=O)(=O)N=C(c1c(O)c(CCC(C)(C)C)c3ccc(F)cn3c1=O)N2. The molecule has 0 bridgehead atoms. The number of sulfonamides is 1. The van der Waals surface area contributed by atoms with Crippen LogP contribution in [0.4, 0.5) is 15.8 Å². The quantitative estimate of drug-likeness (QED) is 0.393. The van der Waals surface area contributed by atoms with Gasteiger partial charge in [-0.15, -0.1) is 4.40 Å². The second-order valence-electron chi connectivity index (χ2n) is 9.71. The molecule has 4 rings (SSSR count). The van der Waals surface area contributed by atoms with Gasteiger partial charge in [0.05, 0.1) is 11.2 Å². The Morgan fingerprint density at radius 1 is 1.25 bits per heavy atom. The summed E-state index contributed by atoms with van der Waals surface area (Å²) in [7, 11) is -3.68. The molecule has 1 aromatic carbocycles. The topological polar surface area (TPSA) is 122 Å². The van der Waals surface area contributed by atoms with Gasteiger partial charge in [0.2, 0.25) is 0 Å². The summed E-state index contributed by atoms with van der Waals surface area (Å²) >= 11 is 0. The number of benzene rings is 1. The van der Waals surface area contributed by atoms with E-state index in [9.17, 15) is 22.7 Å². The number of halogens is 1. The van der Waals surface area contributed by atoms with Crippen molar-refractivity contribution in [2.45, 2.75) is 38.5 Å². The van der Waals surface area contributed by atoms with Crippen molar-refractivity contribution < 1.29 is 22.4 Å². The minimum absolute atomic E-state index is 0.0873. The molecule has 0 radical (unpaired) electrons. The summed E-state index contributed by atoms with van der Waals surface area (Å²) < 4.78 is 50.4. The molecule has 3 aromatic rings. The number of fused-ring (bicyclic) bond motifs is 2. The summed E-state index contributed by atoms with van der Waals surface area (Å²) in [5.74, 6) is -1.35. The van der Waals surface area contributed by atoms with E-state index in [4.69, 9.17) is 4.52 Å². The van der Waals surface area contributed by atoms with Gasteiger partial charge in [-0.05, 0) is 55.3 Å². The minimum atomic E-state index is -4.23. The average Bonchev–Trinajstić information content (AvgIpc) is 2.78. The van der Waals surface area contributed by atoms with Crippen LogP contribution in [0, 0.1) is 11.2 Å². The number of nitrogens with one attached hydrogen (secondary N) is 2. The maximum absolute atomic E-state index is 14.1. The number of hydrogen-bond acceptors (Lipinski definition) is 7. The highest BCUT2D eigenvalue weighted by Crippen LogP contribution is 2.37. The van der Waals surface area contributed by atoms with E-state index in [1.807, 2.05) is 27.4 Å². The molecule has 12 heteroatoms. The summed E-state index contributed by atoms with van der Waals surface area (Å²) in [6, 6.07) is 7.27. The molecule has 0 saturated heterocycles. The molecule has 1 atom stereocenters. The second-order valence-corrected chi connectivity index (χ2v) is 12.9. The first-order chi connectivity index (χ1) is 16.8. The number of aryl methyl sites for hydroxylation is 1. The highest BCUT2D eigenvalue weighted by atomic mass is 32.2. The zero-order valence-corrected chi connectivity index (χ0v) is 22.3. The second kappa shape index (κ2) is 9.46. The monoisotopic (exact) mass is 534 g/mol. The molecule has 36 heavy (non-hydrogen) atoms. The van der Waals surface area contributed by atoms with Gasteiger partial charge in [-0.25, -0.2) is 4.39 Å². The average molecular weight is 535 g/mol. The Morgan fingerprint density at radius 2 is 1.97 bits per heavy atom. The smallest absolute Gasteiger partial charge is 0.286 e. The first kappa shape index (κ1) is 26.1. The fraction of sp³-hybridized carbons (Fsp3) is 0.333. The fourth-order valence-corrected chi connectivity index (χ4v) is 5.65. The molecule has 1 aliphatic heterocycles. The molecule has 3 N–H and O–H groups in total. The van der Waals surface area contributed by atoms with E-state index in [1.165, 1.54) is 18.2 Å². The van der Waals surface area contributed by atoms with Gasteiger partial charge in [0.1, 0.15) is 30.3 Å². The number of aromatic nitrogens is 1. The lowest BCUT2D eigenvalue weighted by Crippen LogP contribution is -2.31. The number of amidine groups is 1. The zero-order chi connectivity index (χ0) is 26.4. The molecule has 0 spiro atoms. The van der Waals surface area contributed by atoms with Crippen molar-refractivity contribution in [3.8, 4) is 5.75 Å². The van der Waals surface area contributed by atoms with Gasteiger partial charge >= 0.3 is 0 Å². The number of rotatable bonds is 6. The van der Waals surface area contributed by atoms with Gasteiger partial charge in [-0.3, -0.25) is 9.20 Å². The lowest BCUT2D eigenvalue weighted by molar-refractivity contribution is 0.374. The predicted octanol–water partition coefficient (Wildman–Crippen LogP) is 4.68. The van der Waals surface area contributed by atoms with Gasteiger partial charge in [-0.1, -0.05) is 20.8 Å². The Labute approximate surface area is 210 Å².